The zero-order chi connectivity index (χ0) is 18.1. The van der Waals surface area contributed by atoms with Gasteiger partial charge < -0.3 is 9.88 Å². The summed E-state index contributed by atoms with van der Waals surface area (Å²) in [6.07, 6.45) is 7.62. The molecule has 136 valence electrons. The Hall–Kier alpha value is -2.85. The summed E-state index contributed by atoms with van der Waals surface area (Å²) in [6, 6.07) is 19.9. The zero-order valence-electron chi connectivity index (χ0n) is 15.4. The topological polar surface area (TPSA) is 45.6 Å². The van der Waals surface area contributed by atoms with E-state index in [1.54, 1.807) is 0 Å². The second kappa shape index (κ2) is 7.05. The number of fused-ring (bicyclic) bond motifs is 2. The summed E-state index contributed by atoms with van der Waals surface area (Å²) in [5.41, 5.74) is 6.68. The van der Waals surface area contributed by atoms with Gasteiger partial charge >= 0.3 is 0 Å². The van der Waals surface area contributed by atoms with Crippen molar-refractivity contribution in [3.8, 4) is 0 Å². The molecule has 5 rings (SSSR count). The van der Waals surface area contributed by atoms with Crippen LogP contribution in [-0.2, 0) is 25.9 Å². The van der Waals surface area contributed by atoms with E-state index in [4.69, 9.17) is 0 Å². The van der Waals surface area contributed by atoms with E-state index in [1.807, 2.05) is 6.20 Å². The third-order valence-corrected chi connectivity index (χ3v) is 5.67. The van der Waals surface area contributed by atoms with E-state index < -0.39 is 0 Å². The first kappa shape index (κ1) is 16.3. The highest BCUT2D eigenvalue weighted by Crippen LogP contribution is 2.24. The first-order chi connectivity index (χ1) is 13.4. The molecule has 1 aliphatic rings. The van der Waals surface area contributed by atoms with Crippen molar-refractivity contribution in [3.05, 3.63) is 89.4 Å². The maximum Gasteiger partial charge on any atom is 0.0522 e. The number of rotatable bonds is 5. The number of nitrogens with one attached hydrogen (secondary N) is 2. The van der Waals surface area contributed by atoms with Gasteiger partial charge in [0.1, 0.15) is 0 Å². The molecule has 1 unspecified atom stereocenters. The predicted molar refractivity (Wildman–Crippen MR) is 109 cm³/mol. The molecule has 0 aliphatic heterocycles. The summed E-state index contributed by atoms with van der Waals surface area (Å²) in [6.45, 7) is 1.80. The van der Waals surface area contributed by atoms with Gasteiger partial charge in [-0.3, -0.25) is 5.10 Å². The van der Waals surface area contributed by atoms with Crippen molar-refractivity contribution in [1.82, 2.24) is 20.1 Å². The smallest absolute Gasteiger partial charge is 0.0522 e. The molecule has 0 bridgehead atoms. The third-order valence-electron chi connectivity index (χ3n) is 5.67. The van der Waals surface area contributed by atoms with Gasteiger partial charge in [0.25, 0.3) is 0 Å². The molecule has 0 fully saturated rings. The van der Waals surface area contributed by atoms with Crippen LogP contribution in [0.5, 0.6) is 0 Å². The normalized spacial score (nSPS) is 16.5. The van der Waals surface area contributed by atoms with Crippen LogP contribution >= 0.6 is 0 Å². The van der Waals surface area contributed by atoms with Crippen LogP contribution in [0.1, 0.15) is 28.8 Å². The van der Waals surface area contributed by atoms with Gasteiger partial charge in [0.05, 0.1) is 6.20 Å². The lowest BCUT2D eigenvalue weighted by Gasteiger charge is -2.22. The molecule has 4 heteroatoms. The molecule has 2 N–H and O–H groups in total. The van der Waals surface area contributed by atoms with Crippen LogP contribution in [0, 0.1) is 0 Å². The van der Waals surface area contributed by atoms with Crippen molar-refractivity contribution in [1.29, 1.82) is 0 Å². The minimum Gasteiger partial charge on any atom is -0.343 e. The molecule has 2 aromatic carbocycles. The molecule has 0 amide bonds. The van der Waals surface area contributed by atoms with Gasteiger partial charge in [0, 0.05) is 48.3 Å². The second-order valence-electron chi connectivity index (χ2n) is 7.48. The van der Waals surface area contributed by atoms with Crippen LogP contribution in [0.15, 0.2) is 67.0 Å². The van der Waals surface area contributed by atoms with E-state index in [2.05, 4.69) is 80.9 Å². The highest BCUT2D eigenvalue weighted by Gasteiger charge is 2.20. The van der Waals surface area contributed by atoms with Gasteiger partial charge in [-0.15, -0.1) is 0 Å². The molecule has 0 saturated carbocycles. The fraction of sp³-hybridized carbons (Fsp3) is 0.261. The van der Waals surface area contributed by atoms with Gasteiger partial charge in [-0.2, -0.15) is 5.10 Å². The Morgan fingerprint density at radius 2 is 1.93 bits per heavy atom. The summed E-state index contributed by atoms with van der Waals surface area (Å²) in [4.78, 5) is 0. The van der Waals surface area contributed by atoms with Crippen LogP contribution in [0.4, 0.5) is 0 Å². The van der Waals surface area contributed by atoms with Crippen LogP contribution < -0.4 is 5.32 Å². The van der Waals surface area contributed by atoms with Crippen molar-refractivity contribution in [2.24, 2.45) is 0 Å². The van der Waals surface area contributed by atoms with Gasteiger partial charge in [-0.25, -0.2) is 0 Å². The lowest BCUT2D eigenvalue weighted by atomic mass is 9.93. The monoisotopic (exact) mass is 356 g/mol. The second-order valence-corrected chi connectivity index (χ2v) is 7.48. The highest BCUT2D eigenvalue weighted by atomic mass is 15.1. The number of H-pyrrole nitrogens is 1. The number of nitrogens with zero attached hydrogens (tertiary/aromatic N) is 2. The van der Waals surface area contributed by atoms with E-state index in [0.717, 1.165) is 25.9 Å². The lowest BCUT2D eigenvalue weighted by molar-refractivity contribution is 0.454. The van der Waals surface area contributed by atoms with Crippen molar-refractivity contribution in [3.63, 3.8) is 0 Å². The van der Waals surface area contributed by atoms with E-state index in [0.29, 0.717) is 6.04 Å². The first-order valence-electron chi connectivity index (χ1n) is 9.72. The molecule has 0 radical (unpaired) electrons. The summed E-state index contributed by atoms with van der Waals surface area (Å²) < 4.78 is 2.37. The molecule has 1 aliphatic carbocycles. The molecule has 0 saturated heterocycles. The Balaban J connectivity index is 1.36. The molecule has 2 heterocycles. The molecule has 27 heavy (non-hydrogen) atoms. The summed E-state index contributed by atoms with van der Waals surface area (Å²) in [5, 5.41) is 12.5. The predicted octanol–water partition coefficient (Wildman–Crippen LogP) is 4.06. The van der Waals surface area contributed by atoms with Gasteiger partial charge in [-0.05, 0) is 35.6 Å². The number of benzene rings is 2. The number of hydrogen-bond donors (Lipinski definition) is 2. The van der Waals surface area contributed by atoms with E-state index >= 15 is 0 Å². The van der Waals surface area contributed by atoms with E-state index in [-0.39, 0.29) is 0 Å². The molecular weight excluding hydrogens is 332 g/mol. The highest BCUT2D eigenvalue weighted by molar-refractivity contribution is 5.84. The Kier molecular flexibility index (Phi) is 4.26. The fourth-order valence-electron chi connectivity index (χ4n) is 4.21. The molecule has 4 aromatic rings. The van der Waals surface area contributed by atoms with E-state index in [1.165, 1.54) is 39.7 Å². The number of para-hydroxylation sites is 1. The standard InChI is InChI=1S/C23H24N4/c1-2-6-17(7-3-1)15-27-16-19(21-8-4-5-9-23(21)27)13-24-20-11-10-18-14-25-26-22(18)12-20/h1-9,14,16,20,24H,10-13,15H2,(H,25,26). The SMILES string of the molecule is c1ccc(Cn2cc(CNC3CCc4cn[nH]c4C3)c3ccccc32)cc1. The number of aryl methyl sites for hydroxylation is 1. The largest absolute Gasteiger partial charge is 0.343 e. The Morgan fingerprint density at radius 3 is 2.85 bits per heavy atom. The zero-order valence-corrected chi connectivity index (χ0v) is 15.4. The number of aromatic amines is 1. The van der Waals surface area contributed by atoms with Gasteiger partial charge in [-0.1, -0.05) is 48.5 Å². The number of hydrogen-bond acceptors (Lipinski definition) is 2. The van der Waals surface area contributed by atoms with Crippen LogP contribution in [0.25, 0.3) is 10.9 Å². The lowest BCUT2D eigenvalue weighted by Crippen LogP contribution is -2.34. The van der Waals surface area contributed by atoms with Crippen molar-refractivity contribution < 1.29 is 0 Å². The van der Waals surface area contributed by atoms with Crippen LogP contribution in [-0.4, -0.2) is 20.8 Å². The molecule has 2 aromatic heterocycles. The fourth-order valence-corrected chi connectivity index (χ4v) is 4.21. The summed E-state index contributed by atoms with van der Waals surface area (Å²) in [7, 11) is 0. The Bertz CT molecular complexity index is 1040. The van der Waals surface area contributed by atoms with Gasteiger partial charge in [0.2, 0.25) is 0 Å². The quantitative estimate of drug-likeness (QED) is 0.566. The number of aromatic nitrogens is 3. The van der Waals surface area contributed by atoms with E-state index in [9.17, 15) is 0 Å². The molecule has 0 spiro atoms. The van der Waals surface area contributed by atoms with Crippen molar-refractivity contribution in [2.75, 3.05) is 0 Å². The molecular formula is C23H24N4. The first-order valence-corrected chi connectivity index (χ1v) is 9.72. The summed E-state index contributed by atoms with van der Waals surface area (Å²) in [5.74, 6) is 0. The molecule has 4 nitrogen and oxygen atoms in total. The van der Waals surface area contributed by atoms with Crippen molar-refractivity contribution >= 4 is 10.9 Å². The third kappa shape index (κ3) is 3.28. The summed E-state index contributed by atoms with van der Waals surface area (Å²) >= 11 is 0. The average Bonchev–Trinajstić information content (AvgIpc) is 3.32. The maximum absolute atomic E-state index is 4.18. The van der Waals surface area contributed by atoms with Crippen LogP contribution in [0.3, 0.4) is 0 Å². The minimum atomic E-state index is 0.509. The minimum absolute atomic E-state index is 0.509. The Morgan fingerprint density at radius 1 is 1.07 bits per heavy atom. The van der Waals surface area contributed by atoms with Crippen molar-refractivity contribution in [2.45, 2.75) is 38.4 Å². The van der Waals surface area contributed by atoms with Crippen LogP contribution in [0.2, 0.25) is 0 Å². The molecule has 1 atom stereocenters. The Labute approximate surface area is 159 Å². The average molecular weight is 356 g/mol. The maximum atomic E-state index is 4.18. The van der Waals surface area contributed by atoms with Gasteiger partial charge in [0.15, 0.2) is 0 Å².